The molecule has 0 aliphatic heterocycles. The number of anilines is 1. The van der Waals surface area contributed by atoms with Crippen LogP contribution in [0.15, 0.2) is 28.8 Å². The summed E-state index contributed by atoms with van der Waals surface area (Å²) in [5.74, 6) is -0.722. The monoisotopic (exact) mass is 423 g/mol. The van der Waals surface area contributed by atoms with Crippen LogP contribution in [-0.4, -0.2) is 21.0 Å². The Morgan fingerprint density at radius 1 is 1.27 bits per heavy atom. The normalized spacial score (nSPS) is 11.7. The Morgan fingerprint density at radius 2 is 1.97 bits per heavy atom. The van der Waals surface area contributed by atoms with Crippen LogP contribution in [0.2, 0.25) is 0 Å². The van der Waals surface area contributed by atoms with Gasteiger partial charge in [0.1, 0.15) is 5.69 Å². The van der Waals surface area contributed by atoms with E-state index in [0.29, 0.717) is 28.9 Å². The lowest BCUT2D eigenvalue weighted by molar-refractivity contribution is -0.384. The molecule has 2 aromatic heterocycles. The standard InChI is InChI=1S/C18H16F3N5O4/c1-8(2)13-7-11(15-9(3)25-30-17(15)22-13)16(27)24-23-12-5-4-10(18(19,20)21)6-14(12)26(28)29/h4-8,23H,1-3H3,(H,24,27). The van der Waals surface area contributed by atoms with Crippen molar-refractivity contribution < 1.29 is 27.4 Å². The number of pyridine rings is 1. The van der Waals surface area contributed by atoms with Gasteiger partial charge >= 0.3 is 6.18 Å². The Kier molecular flexibility index (Phi) is 5.33. The van der Waals surface area contributed by atoms with E-state index in [1.54, 1.807) is 6.92 Å². The number of hydrogen-bond acceptors (Lipinski definition) is 7. The van der Waals surface area contributed by atoms with Crippen molar-refractivity contribution in [3.63, 3.8) is 0 Å². The SMILES string of the molecule is Cc1noc2nc(C(C)C)cc(C(=O)NNc3ccc(C(F)(F)F)cc3[N+](=O)[O-])c12. The van der Waals surface area contributed by atoms with Gasteiger partial charge in [0.15, 0.2) is 0 Å². The summed E-state index contributed by atoms with van der Waals surface area (Å²) >= 11 is 0. The zero-order valence-corrected chi connectivity index (χ0v) is 16.0. The van der Waals surface area contributed by atoms with Crippen LogP contribution in [0.4, 0.5) is 24.5 Å². The molecule has 0 aliphatic rings. The van der Waals surface area contributed by atoms with Crippen LogP contribution < -0.4 is 10.9 Å². The van der Waals surface area contributed by atoms with E-state index in [2.05, 4.69) is 21.0 Å². The Balaban J connectivity index is 1.93. The molecule has 9 nitrogen and oxygen atoms in total. The van der Waals surface area contributed by atoms with Gasteiger partial charge in [-0.05, 0) is 31.0 Å². The number of carbonyl (C=O) groups excluding carboxylic acids is 1. The molecule has 30 heavy (non-hydrogen) atoms. The number of amides is 1. The lowest BCUT2D eigenvalue weighted by Gasteiger charge is -2.13. The average molecular weight is 423 g/mol. The highest BCUT2D eigenvalue weighted by molar-refractivity contribution is 6.06. The molecule has 2 heterocycles. The topological polar surface area (TPSA) is 123 Å². The second kappa shape index (κ2) is 7.61. The van der Waals surface area contributed by atoms with Gasteiger partial charge in [-0.25, -0.2) is 4.98 Å². The molecule has 3 aromatic rings. The number of hydrazine groups is 1. The highest BCUT2D eigenvalue weighted by Gasteiger charge is 2.33. The second-order valence-electron chi connectivity index (χ2n) is 6.76. The second-order valence-corrected chi connectivity index (χ2v) is 6.76. The molecule has 2 N–H and O–H groups in total. The number of nitrogens with zero attached hydrogens (tertiary/aromatic N) is 3. The van der Waals surface area contributed by atoms with Gasteiger partial charge in [-0.1, -0.05) is 19.0 Å². The number of alkyl halides is 3. The molecule has 0 unspecified atom stereocenters. The Hall–Kier alpha value is -3.70. The highest BCUT2D eigenvalue weighted by Crippen LogP contribution is 2.34. The summed E-state index contributed by atoms with van der Waals surface area (Å²) in [6.07, 6.45) is -4.74. The molecule has 12 heteroatoms. The van der Waals surface area contributed by atoms with Gasteiger partial charge in [0.05, 0.1) is 27.1 Å². The summed E-state index contributed by atoms with van der Waals surface area (Å²) in [6.45, 7) is 5.35. The minimum atomic E-state index is -4.74. The summed E-state index contributed by atoms with van der Waals surface area (Å²) < 4.78 is 43.6. The van der Waals surface area contributed by atoms with Gasteiger partial charge < -0.3 is 4.52 Å². The largest absolute Gasteiger partial charge is 0.416 e. The van der Waals surface area contributed by atoms with Crippen molar-refractivity contribution in [1.29, 1.82) is 0 Å². The number of halogens is 3. The number of nitro benzene ring substituents is 1. The molecule has 158 valence electrons. The van der Waals surface area contributed by atoms with Crippen LogP contribution in [0, 0.1) is 17.0 Å². The lowest BCUT2D eigenvalue weighted by atomic mass is 10.0. The number of rotatable bonds is 5. The van der Waals surface area contributed by atoms with Gasteiger partial charge in [0, 0.05) is 11.8 Å². The lowest BCUT2D eigenvalue weighted by Crippen LogP contribution is -2.30. The molecule has 3 rings (SSSR count). The molecular weight excluding hydrogens is 407 g/mol. The van der Waals surface area contributed by atoms with Crippen LogP contribution >= 0.6 is 0 Å². The first kappa shape index (κ1) is 21.0. The maximum Gasteiger partial charge on any atom is 0.416 e. The average Bonchev–Trinajstić information content (AvgIpc) is 3.05. The van der Waals surface area contributed by atoms with Gasteiger partial charge in [-0.15, -0.1) is 0 Å². The summed E-state index contributed by atoms with van der Waals surface area (Å²) in [4.78, 5) is 27.2. The zero-order chi connectivity index (χ0) is 22.2. The van der Waals surface area contributed by atoms with E-state index in [1.807, 2.05) is 13.8 Å². The van der Waals surface area contributed by atoms with Gasteiger partial charge in [-0.3, -0.25) is 25.8 Å². The van der Waals surface area contributed by atoms with Crippen LogP contribution in [0.1, 0.15) is 47.1 Å². The zero-order valence-electron chi connectivity index (χ0n) is 16.0. The molecule has 0 fully saturated rings. The summed E-state index contributed by atoms with van der Waals surface area (Å²) in [7, 11) is 0. The van der Waals surface area contributed by atoms with E-state index in [-0.39, 0.29) is 22.9 Å². The van der Waals surface area contributed by atoms with Crippen LogP contribution in [0.25, 0.3) is 11.1 Å². The van der Waals surface area contributed by atoms with Crippen molar-refractivity contribution in [1.82, 2.24) is 15.6 Å². The Morgan fingerprint density at radius 3 is 2.57 bits per heavy atom. The molecule has 0 aliphatic carbocycles. The number of nitro groups is 1. The molecular formula is C18H16F3N5O4. The van der Waals surface area contributed by atoms with E-state index >= 15 is 0 Å². The van der Waals surface area contributed by atoms with Crippen molar-refractivity contribution >= 4 is 28.4 Å². The van der Waals surface area contributed by atoms with Crippen molar-refractivity contribution in [2.45, 2.75) is 32.9 Å². The minimum absolute atomic E-state index is 0.0321. The molecule has 0 radical (unpaired) electrons. The third-order valence-corrected chi connectivity index (χ3v) is 4.31. The maximum absolute atomic E-state index is 12.8. The van der Waals surface area contributed by atoms with Gasteiger partial charge in [0.25, 0.3) is 17.3 Å². The third kappa shape index (κ3) is 4.02. The highest BCUT2D eigenvalue weighted by atomic mass is 19.4. The summed E-state index contributed by atoms with van der Waals surface area (Å²) in [6, 6.07) is 3.47. The van der Waals surface area contributed by atoms with Crippen molar-refractivity contribution in [3.8, 4) is 0 Å². The first-order valence-corrected chi connectivity index (χ1v) is 8.68. The van der Waals surface area contributed by atoms with Crippen molar-refractivity contribution in [2.24, 2.45) is 0 Å². The molecule has 1 amide bonds. The number of aryl methyl sites for hydroxylation is 1. The fourth-order valence-electron chi connectivity index (χ4n) is 2.74. The Labute approximate surface area is 167 Å². The van der Waals surface area contributed by atoms with E-state index in [4.69, 9.17) is 4.52 Å². The third-order valence-electron chi connectivity index (χ3n) is 4.31. The van der Waals surface area contributed by atoms with Crippen LogP contribution in [-0.2, 0) is 6.18 Å². The first-order chi connectivity index (χ1) is 14.0. The first-order valence-electron chi connectivity index (χ1n) is 8.68. The number of carbonyl (C=O) groups is 1. The smallest absolute Gasteiger partial charge is 0.336 e. The van der Waals surface area contributed by atoms with Crippen molar-refractivity contribution in [3.05, 3.63) is 56.9 Å². The molecule has 1 aromatic carbocycles. The Bertz CT molecular complexity index is 1140. The fraction of sp³-hybridized carbons (Fsp3) is 0.278. The van der Waals surface area contributed by atoms with Crippen LogP contribution in [0.5, 0.6) is 0 Å². The van der Waals surface area contributed by atoms with E-state index in [0.717, 1.165) is 6.07 Å². The molecule has 0 bridgehead atoms. The number of aromatic nitrogens is 2. The number of nitrogens with one attached hydrogen (secondary N) is 2. The minimum Gasteiger partial charge on any atom is -0.336 e. The number of fused-ring (bicyclic) bond motifs is 1. The summed E-state index contributed by atoms with van der Waals surface area (Å²) in [5.41, 5.74) is 3.55. The van der Waals surface area contributed by atoms with Crippen LogP contribution in [0.3, 0.4) is 0 Å². The van der Waals surface area contributed by atoms with Gasteiger partial charge in [-0.2, -0.15) is 13.2 Å². The molecule has 0 saturated carbocycles. The van der Waals surface area contributed by atoms with E-state index in [9.17, 15) is 28.1 Å². The summed E-state index contributed by atoms with van der Waals surface area (Å²) in [5, 5.41) is 15.3. The molecule has 0 saturated heterocycles. The molecule has 0 spiro atoms. The predicted octanol–water partition coefficient (Wildman–Crippen LogP) is 4.34. The van der Waals surface area contributed by atoms with Crippen molar-refractivity contribution in [2.75, 3.05) is 5.43 Å². The molecule has 0 atom stereocenters. The van der Waals surface area contributed by atoms with Gasteiger partial charge in [0.2, 0.25) is 0 Å². The quantitative estimate of drug-likeness (QED) is 0.462. The number of hydrogen-bond donors (Lipinski definition) is 2. The fourth-order valence-corrected chi connectivity index (χ4v) is 2.74. The van der Waals surface area contributed by atoms with E-state index in [1.165, 1.54) is 6.07 Å². The number of benzene rings is 1. The van der Waals surface area contributed by atoms with E-state index < -0.39 is 28.3 Å². The predicted molar refractivity (Wildman–Crippen MR) is 99.8 cm³/mol. The maximum atomic E-state index is 12.8.